The molecule has 1 aromatic rings. The van der Waals surface area contributed by atoms with E-state index in [1.54, 1.807) is 27.4 Å². The van der Waals surface area contributed by atoms with E-state index in [1.807, 2.05) is 25.1 Å². The fourth-order valence-electron chi connectivity index (χ4n) is 2.17. The smallest absolute Gasteiger partial charge is 0.317 e. The molecule has 0 spiro atoms. The molecule has 0 amide bonds. The number of ether oxygens (including phenoxy) is 4. The molecule has 1 fully saturated rings. The summed E-state index contributed by atoms with van der Waals surface area (Å²) in [6.07, 6.45) is 1.60. The Balaban J connectivity index is 2.46. The molecule has 2 atom stereocenters. The zero-order valence-electron chi connectivity index (χ0n) is 12.0. The first-order chi connectivity index (χ1) is 9.62. The number of hydrogen-bond acceptors (Lipinski definition) is 5. The lowest BCUT2D eigenvalue weighted by Gasteiger charge is -2.30. The van der Waals surface area contributed by atoms with Crippen LogP contribution in [0.5, 0.6) is 11.5 Å². The summed E-state index contributed by atoms with van der Waals surface area (Å²) >= 11 is 0. The summed E-state index contributed by atoms with van der Waals surface area (Å²) in [6.45, 7) is 1.84. The molecule has 2 rings (SSSR count). The summed E-state index contributed by atoms with van der Waals surface area (Å²) in [6, 6.07) is 5.45. The van der Waals surface area contributed by atoms with Crippen molar-refractivity contribution in [2.75, 3.05) is 21.3 Å². The topological polar surface area (TPSA) is 54.0 Å². The predicted molar refractivity (Wildman–Crippen MR) is 73.6 cm³/mol. The van der Waals surface area contributed by atoms with Crippen LogP contribution in [-0.2, 0) is 14.3 Å². The van der Waals surface area contributed by atoms with E-state index in [0.717, 1.165) is 0 Å². The van der Waals surface area contributed by atoms with Crippen molar-refractivity contribution in [3.05, 3.63) is 29.8 Å². The van der Waals surface area contributed by atoms with E-state index in [-0.39, 0.29) is 18.0 Å². The molecule has 1 aliphatic heterocycles. The normalized spacial score (nSPS) is 21.8. The summed E-state index contributed by atoms with van der Waals surface area (Å²) in [7, 11) is 4.70. The van der Waals surface area contributed by atoms with E-state index in [9.17, 15) is 4.79 Å². The molecule has 0 aliphatic carbocycles. The van der Waals surface area contributed by atoms with Crippen molar-refractivity contribution in [1.29, 1.82) is 0 Å². The molecule has 5 nitrogen and oxygen atoms in total. The van der Waals surface area contributed by atoms with Crippen LogP contribution in [0.3, 0.4) is 0 Å². The Morgan fingerprint density at radius 3 is 2.20 bits per heavy atom. The molecule has 1 heterocycles. The maximum atomic E-state index is 11.4. The lowest BCUT2D eigenvalue weighted by atomic mass is 9.96. The SMILES string of the molecule is CO/C(=C\C1C(=O)OC1C)c1c(OC)cccc1OC. The number of methoxy groups -OCH3 is 3. The molecule has 5 heteroatoms. The van der Waals surface area contributed by atoms with Gasteiger partial charge in [0.05, 0.1) is 21.3 Å². The van der Waals surface area contributed by atoms with Crippen molar-refractivity contribution < 1.29 is 23.7 Å². The molecule has 0 saturated carbocycles. The molecule has 20 heavy (non-hydrogen) atoms. The van der Waals surface area contributed by atoms with Gasteiger partial charge in [-0.1, -0.05) is 6.07 Å². The van der Waals surface area contributed by atoms with Crippen molar-refractivity contribution in [2.45, 2.75) is 13.0 Å². The van der Waals surface area contributed by atoms with Gasteiger partial charge in [-0.3, -0.25) is 4.79 Å². The van der Waals surface area contributed by atoms with Gasteiger partial charge in [0.1, 0.15) is 34.8 Å². The van der Waals surface area contributed by atoms with Crippen LogP contribution in [0.2, 0.25) is 0 Å². The highest BCUT2D eigenvalue weighted by atomic mass is 16.6. The van der Waals surface area contributed by atoms with Gasteiger partial charge in [-0.25, -0.2) is 0 Å². The molecule has 2 unspecified atom stereocenters. The molecule has 0 radical (unpaired) electrons. The molecule has 1 aromatic carbocycles. The zero-order chi connectivity index (χ0) is 14.7. The monoisotopic (exact) mass is 278 g/mol. The molecule has 1 saturated heterocycles. The van der Waals surface area contributed by atoms with E-state index in [1.165, 1.54) is 0 Å². The second kappa shape index (κ2) is 5.86. The van der Waals surface area contributed by atoms with Crippen LogP contribution in [0.15, 0.2) is 24.3 Å². The highest BCUT2D eigenvalue weighted by Crippen LogP contribution is 2.37. The Morgan fingerprint density at radius 1 is 1.20 bits per heavy atom. The Hall–Kier alpha value is -2.17. The van der Waals surface area contributed by atoms with Gasteiger partial charge in [0.15, 0.2) is 0 Å². The van der Waals surface area contributed by atoms with Crippen LogP contribution in [0.25, 0.3) is 5.76 Å². The van der Waals surface area contributed by atoms with Gasteiger partial charge in [0.2, 0.25) is 0 Å². The number of rotatable bonds is 5. The number of hydrogen-bond donors (Lipinski definition) is 0. The third kappa shape index (κ3) is 2.43. The van der Waals surface area contributed by atoms with Gasteiger partial charge in [-0.15, -0.1) is 0 Å². The zero-order valence-corrected chi connectivity index (χ0v) is 12.0. The summed E-state index contributed by atoms with van der Waals surface area (Å²) in [5.41, 5.74) is 0.687. The third-order valence-electron chi connectivity index (χ3n) is 3.31. The standard InChI is InChI=1S/C15H18O5/c1-9-10(15(16)20-9)8-13(19-4)14-11(17-2)6-5-7-12(14)18-3/h5-10H,1-4H3/b13-8-. The summed E-state index contributed by atoms with van der Waals surface area (Å²) < 4.78 is 21.0. The molecular weight excluding hydrogens is 260 g/mol. The minimum absolute atomic E-state index is 0.145. The van der Waals surface area contributed by atoms with Gasteiger partial charge in [0.25, 0.3) is 0 Å². The summed E-state index contributed by atoms with van der Waals surface area (Å²) in [5.74, 6) is 1.23. The van der Waals surface area contributed by atoms with E-state index in [2.05, 4.69) is 0 Å². The number of cyclic esters (lactones) is 1. The van der Waals surface area contributed by atoms with Gasteiger partial charge in [0, 0.05) is 0 Å². The predicted octanol–water partition coefficient (Wildman–Crippen LogP) is 2.25. The van der Waals surface area contributed by atoms with Crippen molar-refractivity contribution in [2.24, 2.45) is 5.92 Å². The van der Waals surface area contributed by atoms with Crippen molar-refractivity contribution >= 4 is 11.7 Å². The number of carbonyl (C=O) groups is 1. The quantitative estimate of drug-likeness (QED) is 0.611. The van der Waals surface area contributed by atoms with E-state index in [0.29, 0.717) is 22.8 Å². The number of esters is 1. The molecule has 1 aliphatic rings. The molecule has 0 N–H and O–H groups in total. The van der Waals surface area contributed by atoms with Crippen LogP contribution in [-0.4, -0.2) is 33.4 Å². The first kappa shape index (κ1) is 14.2. The van der Waals surface area contributed by atoms with E-state index < -0.39 is 0 Å². The Bertz CT molecular complexity index is 513. The lowest BCUT2D eigenvalue weighted by molar-refractivity contribution is -0.176. The number of carbonyl (C=O) groups excluding carboxylic acids is 1. The molecule has 0 aromatic heterocycles. The van der Waals surface area contributed by atoms with Gasteiger partial charge >= 0.3 is 5.97 Å². The van der Waals surface area contributed by atoms with Crippen LogP contribution >= 0.6 is 0 Å². The third-order valence-corrected chi connectivity index (χ3v) is 3.31. The van der Waals surface area contributed by atoms with Gasteiger partial charge < -0.3 is 18.9 Å². The largest absolute Gasteiger partial charge is 0.496 e. The molecular formula is C15H18O5. The minimum atomic E-state index is -0.306. The minimum Gasteiger partial charge on any atom is -0.496 e. The second-order valence-electron chi connectivity index (χ2n) is 4.44. The van der Waals surface area contributed by atoms with Crippen molar-refractivity contribution in [3.8, 4) is 11.5 Å². The van der Waals surface area contributed by atoms with Crippen molar-refractivity contribution in [1.82, 2.24) is 0 Å². The Kier molecular flexibility index (Phi) is 4.17. The first-order valence-electron chi connectivity index (χ1n) is 6.30. The summed E-state index contributed by atoms with van der Waals surface area (Å²) in [4.78, 5) is 11.4. The Labute approximate surface area is 118 Å². The molecule has 0 bridgehead atoms. The highest BCUT2D eigenvalue weighted by molar-refractivity contribution is 5.83. The Morgan fingerprint density at radius 2 is 1.80 bits per heavy atom. The van der Waals surface area contributed by atoms with Gasteiger partial charge in [-0.05, 0) is 25.1 Å². The fraction of sp³-hybridized carbons (Fsp3) is 0.400. The van der Waals surface area contributed by atoms with Crippen LogP contribution in [0, 0.1) is 5.92 Å². The van der Waals surface area contributed by atoms with Crippen LogP contribution in [0.4, 0.5) is 0 Å². The maximum absolute atomic E-state index is 11.4. The highest BCUT2D eigenvalue weighted by Gasteiger charge is 2.38. The number of benzene rings is 1. The second-order valence-corrected chi connectivity index (χ2v) is 4.44. The average molecular weight is 278 g/mol. The molecule has 108 valence electrons. The summed E-state index contributed by atoms with van der Waals surface area (Å²) in [5, 5.41) is 0. The van der Waals surface area contributed by atoms with E-state index in [4.69, 9.17) is 18.9 Å². The van der Waals surface area contributed by atoms with Crippen LogP contribution in [0.1, 0.15) is 12.5 Å². The fourth-order valence-corrected chi connectivity index (χ4v) is 2.17. The first-order valence-corrected chi connectivity index (χ1v) is 6.30. The average Bonchev–Trinajstić information content (AvgIpc) is 2.47. The van der Waals surface area contributed by atoms with Crippen molar-refractivity contribution in [3.63, 3.8) is 0 Å². The van der Waals surface area contributed by atoms with E-state index >= 15 is 0 Å². The lowest BCUT2D eigenvalue weighted by Crippen LogP contribution is -2.41. The maximum Gasteiger partial charge on any atom is 0.317 e. The van der Waals surface area contributed by atoms with Gasteiger partial charge in [-0.2, -0.15) is 0 Å². The van der Waals surface area contributed by atoms with Crippen LogP contribution < -0.4 is 9.47 Å².